The molecule has 0 spiro atoms. The van der Waals surface area contributed by atoms with Crippen LogP contribution in [0.15, 0.2) is 35.3 Å². The molecule has 11 heteroatoms. The summed E-state index contributed by atoms with van der Waals surface area (Å²) in [7, 11) is 0. The Morgan fingerprint density at radius 1 is 0.974 bits per heavy atom. The maximum absolute atomic E-state index is 13.3. The summed E-state index contributed by atoms with van der Waals surface area (Å²) in [5, 5.41) is 2.86. The van der Waals surface area contributed by atoms with Gasteiger partial charge < -0.3 is 32.3 Å². The van der Waals surface area contributed by atoms with Gasteiger partial charge in [0.05, 0.1) is 12.1 Å². The summed E-state index contributed by atoms with van der Waals surface area (Å²) < 4.78 is 0. The van der Waals surface area contributed by atoms with E-state index in [0.717, 1.165) is 37.9 Å². The van der Waals surface area contributed by atoms with Gasteiger partial charge in [-0.3, -0.25) is 24.2 Å². The molecule has 0 saturated carbocycles. The lowest BCUT2D eigenvalue weighted by atomic mass is 10.0. The molecule has 11 nitrogen and oxygen atoms in total. The van der Waals surface area contributed by atoms with E-state index in [1.807, 2.05) is 35.2 Å². The summed E-state index contributed by atoms with van der Waals surface area (Å²) >= 11 is 0. The van der Waals surface area contributed by atoms with E-state index in [9.17, 15) is 19.2 Å². The summed E-state index contributed by atoms with van der Waals surface area (Å²) in [5.74, 6) is -0.945. The van der Waals surface area contributed by atoms with Crippen molar-refractivity contribution in [2.45, 2.75) is 82.3 Å². The number of guanidine groups is 1. The molecule has 0 radical (unpaired) electrons. The number of aliphatic imine (C=N–C) groups is 1. The third kappa shape index (κ3) is 9.35. The Balaban J connectivity index is 1.60. The number of benzene rings is 1. The molecule has 7 N–H and O–H groups in total. The number of amides is 3. The van der Waals surface area contributed by atoms with Crippen molar-refractivity contribution >= 4 is 29.5 Å². The number of piperidine rings is 1. The predicted molar refractivity (Wildman–Crippen MR) is 149 cm³/mol. The lowest BCUT2D eigenvalue weighted by Crippen LogP contribution is -2.54. The molecule has 1 aromatic rings. The van der Waals surface area contributed by atoms with Gasteiger partial charge >= 0.3 is 0 Å². The van der Waals surface area contributed by atoms with Gasteiger partial charge in [0.1, 0.15) is 6.04 Å². The summed E-state index contributed by atoms with van der Waals surface area (Å²) in [6.07, 6.45) is 5.58. The smallest absolute Gasteiger partial charge is 0.243 e. The van der Waals surface area contributed by atoms with Crippen LogP contribution in [0.5, 0.6) is 0 Å². The summed E-state index contributed by atoms with van der Waals surface area (Å²) in [4.78, 5) is 59.6. The third-order valence-corrected chi connectivity index (χ3v) is 7.40. The fourth-order valence-corrected chi connectivity index (χ4v) is 5.26. The first-order valence-corrected chi connectivity index (χ1v) is 14.0. The van der Waals surface area contributed by atoms with Crippen LogP contribution in [0.3, 0.4) is 0 Å². The molecule has 214 valence electrons. The highest BCUT2D eigenvalue weighted by Gasteiger charge is 2.37. The molecular formula is C28H43N7O4. The van der Waals surface area contributed by atoms with Crippen molar-refractivity contribution in [3.8, 4) is 0 Å². The number of hydrogen-bond donors (Lipinski definition) is 4. The lowest BCUT2D eigenvalue weighted by Gasteiger charge is -2.29. The molecule has 0 aliphatic carbocycles. The topological polar surface area (TPSA) is 177 Å². The zero-order chi connectivity index (χ0) is 28.2. The average Bonchev–Trinajstić information content (AvgIpc) is 3.43. The third-order valence-electron chi connectivity index (χ3n) is 7.40. The molecular weight excluding hydrogens is 498 g/mol. The van der Waals surface area contributed by atoms with Crippen molar-refractivity contribution in [2.75, 3.05) is 26.2 Å². The molecule has 3 rings (SSSR count). The molecule has 1 unspecified atom stereocenters. The molecule has 0 aromatic heterocycles. The zero-order valence-corrected chi connectivity index (χ0v) is 22.7. The van der Waals surface area contributed by atoms with E-state index < -0.39 is 18.1 Å². The number of carbonyl (C=O) groups is 4. The average molecular weight is 542 g/mol. The van der Waals surface area contributed by atoms with Gasteiger partial charge in [-0.25, -0.2) is 0 Å². The number of likely N-dealkylation sites (tertiary alicyclic amines) is 2. The van der Waals surface area contributed by atoms with Gasteiger partial charge in [-0.2, -0.15) is 0 Å². The van der Waals surface area contributed by atoms with Crippen LogP contribution in [0.25, 0.3) is 0 Å². The fraction of sp³-hybridized carbons (Fsp3) is 0.607. The van der Waals surface area contributed by atoms with Crippen LogP contribution in [0.4, 0.5) is 0 Å². The predicted octanol–water partition coefficient (Wildman–Crippen LogP) is 0.448. The Morgan fingerprint density at radius 3 is 2.38 bits per heavy atom. The van der Waals surface area contributed by atoms with E-state index in [1.54, 1.807) is 0 Å². The van der Waals surface area contributed by atoms with Crippen LogP contribution < -0.4 is 22.5 Å². The van der Waals surface area contributed by atoms with E-state index in [4.69, 9.17) is 17.2 Å². The van der Waals surface area contributed by atoms with Crippen LogP contribution >= 0.6 is 0 Å². The highest BCUT2D eigenvalue weighted by molar-refractivity contribution is 5.95. The molecule has 2 heterocycles. The Kier molecular flexibility index (Phi) is 11.7. The van der Waals surface area contributed by atoms with Gasteiger partial charge in [-0.1, -0.05) is 30.3 Å². The first kappa shape index (κ1) is 30.1. The Morgan fingerprint density at radius 2 is 1.69 bits per heavy atom. The first-order chi connectivity index (χ1) is 18.8. The standard InChI is InChI=1S/C28H43N7O4/c29-21(19-20-9-3-1-4-10-20)27(39)35-18-8-12-23(35)26(38)33-22(11-7-15-32-28(30)31)24(36)13-14-25(37)34-16-5-2-6-17-34/h1,3-4,9-10,21-23H,2,5-8,11-19,29H2,(H,33,38)(H4,30,31,32)/t21-,22?,23+/m1/s1. The highest BCUT2D eigenvalue weighted by Crippen LogP contribution is 2.20. The Bertz CT molecular complexity index is 1010. The van der Waals surface area contributed by atoms with Gasteiger partial charge in [-0.15, -0.1) is 0 Å². The number of rotatable bonds is 13. The van der Waals surface area contributed by atoms with E-state index in [-0.39, 0.29) is 42.3 Å². The van der Waals surface area contributed by atoms with Gasteiger partial charge in [0.15, 0.2) is 11.7 Å². The van der Waals surface area contributed by atoms with Crippen molar-refractivity contribution in [3.63, 3.8) is 0 Å². The van der Waals surface area contributed by atoms with Crippen LogP contribution in [0.2, 0.25) is 0 Å². The molecule has 3 amide bonds. The lowest BCUT2D eigenvalue weighted by molar-refractivity contribution is -0.140. The van der Waals surface area contributed by atoms with Crippen molar-refractivity contribution in [1.82, 2.24) is 15.1 Å². The minimum absolute atomic E-state index is 0.0337. The molecule has 3 atom stereocenters. The second kappa shape index (κ2) is 15.2. The maximum atomic E-state index is 13.3. The quantitative estimate of drug-likeness (QED) is 0.159. The molecule has 39 heavy (non-hydrogen) atoms. The number of nitrogens with zero attached hydrogens (tertiary/aromatic N) is 3. The Labute approximate surface area is 230 Å². The number of ketones is 1. The van der Waals surface area contributed by atoms with Crippen molar-refractivity contribution in [2.24, 2.45) is 22.2 Å². The molecule has 2 aliphatic heterocycles. The molecule has 1 aromatic carbocycles. The van der Waals surface area contributed by atoms with Crippen LogP contribution in [-0.2, 0) is 25.6 Å². The Hall–Kier alpha value is -3.47. The molecule has 2 saturated heterocycles. The van der Waals surface area contributed by atoms with Crippen LogP contribution in [0.1, 0.15) is 63.4 Å². The molecule has 2 fully saturated rings. The van der Waals surface area contributed by atoms with Crippen molar-refractivity contribution < 1.29 is 19.2 Å². The minimum Gasteiger partial charge on any atom is -0.370 e. The zero-order valence-electron chi connectivity index (χ0n) is 22.7. The van der Waals surface area contributed by atoms with Crippen LogP contribution in [-0.4, -0.2) is 83.6 Å². The van der Waals surface area contributed by atoms with Gasteiger partial charge in [0.2, 0.25) is 17.7 Å². The van der Waals surface area contributed by atoms with Gasteiger partial charge in [-0.05, 0) is 56.9 Å². The second-order valence-corrected chi connectivity index (χ2v) is 10.4. The summed E-state index contributed by atoms with van der Waals surface area (Å²) in [6, 6.07) is 7.26. The van der Waals surface area contributed by atoms with Crippen LogP contribution in [0, 0.1) is 0 Å². The monoisotopic (exact) mass is 541 g/mol. The van der Waals surface area contributed by atoms with E-state index in [0.29, 0.717) is 45.2 Å². The normalized spacial score (nSPS) is 18.7. The first-order valence-electron chi connectivity index (χ1n) is 14.0. The second-order valence-electron chi connectivity index (χ2n) is 10.4. The number of Topliss-reactive ketones (excluding diaryl/α,β-unsaturated/α-hetero) is 1. The van der Waals surface area contributed by atoms with Gasteiger partial charge in [0, 0.05) is 39.0 Å². The largest absolute Gasteiger partial charge is 0.370 e. The number of nitrogens with one attached hydrogen (secondary N) is 1. The van der Waals surface area contributed by atoms with Crippen molar-refractivity contribution in [3.05, 3.63) is 35.9 Å². The maximum Gasteiger partial charge on any atom is 0.243 e. The summed E-state index contributed by atoms with van der Waals surface area (Å²) in [6.45, 7) is 2.21. The number of hydrogen-bond acceptors (Lipinski definition) is 6. The fourth-order valence-electron chi connectivity index (χ4n) is 5.26. The van der Waals surface area contributed by atoms with Crippen molar-refractivity contribution in [1.29, 1.82) is 0 Å². The molecule has 2 aliphatic rings. The SMILES string of the molecule is NC(N)=NCCCC(NC(=O)[C@@H]1CCCN1C(=O)[C@H](N)Cc1ccccc1)C(=O)CCC(=O)N1CCCCC1. The number of carbonyl (C=O) groups excluding carboxylic acids is 4. The molecule has 0 bridgehead atoms. The van der Waals surface area contributed by atoms with E-state index in [1.165, 1.54) is 4.90 Å². The highest BCUT2D eigenvalue weighted by atomic mass is 16.2. The van der Waals surface area contributed by atoms with Gasteiger partial charge in [0.25, 0.3) is 0 Å². The summed E-state index contributed by atoms with van der Waals surface area (Å²) in [5.41, 5.74) is 18.0. The number of nitrogens with two attached hydrogens (primary N) is 3. The van der Waals surface area contributed by atoms with E-state index >= 15 is 0 Å². The van der Waals surface area contributed by atoms with E-state index in [2.05, 4.69) is 10.3 Å². The minimum atomic E-state index is -0.795.